The molecule has 0 heterocycles. The van der Waals surface area contributed by atoms with E-state index < -0.39 is 33.7 Å². The van der Waals surface area contributed by atoms with Crippen molar-refractivity contribution in [1.29, 1.82) is 5.26 Å². The quantitative estimate of drug-likeness (QED) is 0.912. The van der Waals surface area contributed by atoms with Crippen molar-refractivity contribution in [3.63, 3.8) is 0 Å². The number of nitriles is 1. The van der Waals surface area contributed by atoms with E-state index in [0.717, 1.165) is 12.1 Å². The number of halogens is 4. The molecule has 1 aromatic rings. The summed E-state index contributed by atoms with van der Waals surface area (Å²) in [4.78, 5) is 10.7. The fourth-order valence-electron chi connectivity index (χ4n) is 1.02. The summed E-state index contributed by atoms with van der Waals surface area (Å²) in [5.74, 6) is -2.30. The molecule has 1 aromatic carbocycles. The molecule has 8 heteroatoms. The monoisotopic (exact) mass is 309 g/mol. The van der Waals surface area contributed by atoms with Crippen LogP contribution >= 0.6 is 15.9 Å². The predicted molar refractivity (Wildman–Crippen MR) is 52.5 cm³/mol. The summed E-state index contributed by atoms with van der Waals surface area (Å²) in [7, 11) is 0. The molecule has 0 aliphatic heterocycles. The number of benzene rings is 1. The van der Waals surface area contributed by atoms with E-state index in [9.17, 15) is 18.0 Å². The Morgan fingerprint density at radius 1 is 1.47 bits per heavy atom. The van der Waals surface area contributed by atoms with Crippen LogP contribution in [0.15, 0.2) is 16.6 Å². The lowest BCUT2D eigenvalue weighted by Crippen LogP contribution is -2.18. The summed E-state index contributed by atoms with van der Waals surface area (Å²) >= 11 is 2.67. The first-order valence-electron chi connectivity index (χ1n) is 3.98. The molecule has 0 saturated heterocycles. The summed E-state index contributed by atoms with van der Waals surface area (Å²) in [5.41, 5.74) is -0.845. The van der Waals surface area contributed by atoms with Crippen LogP contribution in [0.5, 0.6) is 5.75 Å². The lowest BCUT2D eigenvalue weighted by atomic mass is 10.1. The van der Waals surface area contributed by atoms with Crippen molar-refractivity contribution in [3.05, 3.63) is 27.7 Å². The normalized spacial score (nSPS) is 10.8. The molecule has 1 N–H and O–H groups in total. The van der Waals surface area contributed by atoms with Crippen LogP contribution in [-0.2, 0) is 0 Å². The van der Waals surface area contributed by atoms with Crippen LogP contribution in [0.3, 0.4) is 0 Å². The van der Waals surface area contributed by atoms with E-state index in [4.69, 9.17) is 10.4 Å². The van der Waals surface area contributed by atoms with Crippen molar-refractivity contribution in [3.8, 4) is 11.8 Å². The van der Waals surface area contributed by atoms with Gasteiger partial charge >= 0.3 is 12.3 Å². The molecule has 0 radical (unpaired) electrons. The van der Waals surface area contributed by atoms with Crippen molar-refractivity contribution in [2.24, 2.45) is 0 Å². The minimum absolute atomic E-state index is 0.417. The van der Waals surface area contributed by atoms with Crippen molar-refractivity contribution in [2.45, 2.75) is 6.36 Å². The Morgan fingerprint density at radius 2 is 2.06 bits per heavy atom. The molecule has 0 aromatic heterocycles. The van der Waals surface area contributed by atoms with Crippen LogP contribution in [0.4, 0.5) is 13.2 Å². The van der Waals surface area contributed by atoms with E-state index >= 15 is 0 Å². The Kier molecular flexibility index (Phi) is 3.63. The van der Waals surface area contributed by atoms with E-state index in [0.29, 0.717) is 0 Å². The van der Waals surface area contributed by atoms with Crippen molar-refractivity contribution in [2.75, 3.05) is 0 Å². The van der Waals surface area contributed by atoms with Crippen molar-refractivity contribution < 1.29 is 27.8 Å². The number of rotatable bonds is 2. The first kappa shape index (κ1) is 13.3. The van der Waals surface area contributed by atoms with Crippen LogP contribution < -0.4 is 4.74 Å². The topological polar surface area (TPSA) is 70.3 Å². The molecule has 0 unspecified atom stereocenters. The number of carboxylic acid groups (broad SMARTS) is 1. The van der Waals surface area contributed by atoms with Crippen molar-refractivity contribution in [1.82, 2.24) is 0 Å². The Morgan fingerprint density at radius 3 is 2.47 bits per heavy atom. The van der Waals surface area contributed by atoms with Gasteiger partial charge in [0, 0.05) is 0 Å². The molecule has 0 bridgehead atoms. The van der Waals surface area contributed by atoms with Gasteiger partial charge in [0.05, 0.1) is 15.6 Å². The number of aromatic carboxylic acids is 1. The number of hydrogen-bond donors (Lipinski definition) is 1. The number of nitrogens with zero attached hydrogens (tertiary/aromatic N) is 1. The van der Waals surface area contributed by atoms with E-state index in [-0.39, 0.29) is 0 Å². The first-order chi connectivity index (χ1) is 7.76. The van der Waals surface area contributed by atoms with Gasteiger partial charge in [-0.25, -0.2) is 4.79 Å². The van der Waals surface area contributed by atoms with Gasteiger partial charge in [-0.2, -0.15) is 5.26 Å². The number of hydrogen-bond acceptors (Lipinski definition) is 3. The third-order valence-corrected chi connectivity index (χ3v) is 2.45. The maximum Gasteiger partial charge on any atom is 0.573 e. The minimum atomic E-state index is -5.01. The van der Waals surface area contributed by atoms with Gasteiger partial charge in [0.25, 0.3) is 0 Å². The standard InChI is InChI=1S/C9H3BrF3NO3/c10-6-5(8(15)16)2-1-4(3-14)7(6)17-9(11,12)13/h1-2H,(H,15,16). The molecule has 0 aliphatic carbocycles. The summed E-state index contributed by atoms with van der Waals surface area (Å²) in [6.45, 7) is 0. The zero-order valence-corrected chi connectivity index (χ0v) is 9.46. The SMILES string of the molecule is N#Cc1ccc(C(=O)O)c(Br)c1OC(F)(F)F. The predicted octanol–water partition coefficient (Wildman–Crippen LogP) is 2.92. The lowest BCUT2D eigenvalue weighted by molar-refractivity contribution is -0.275. The van der Waals surface area contributed by atoms with Gasteiger partial charge in [0.2, 0.25) is 0 Å². The molecule has 0 aliphatic rings. The van der Waals surface area contributed by atoms with Gasteiger partial charge < -0.3 is 9.84 Å². The zero-order valence-electron chi connectivity index (χ0n) is 7.88. The molecule has 4 nitrogen and oxygen atoms in total. The summed E-state index contributed by atoms with van der Waals surface area (Å²) in [5, 5.41) is 17.3. The van der Waals surface area contributed by atoms with Crippen LogP contribution in [-0.4, -0.2) is 17.4 Å². The summed E-state index contributed by atoms with van der Waals surface area (Å²) < 4.78 is 39.4. The molecular formula is C9H3BrF3NO3. The summed E-state index contributed by atoms with van der Waals surface area (Å²) in [6.07, 6.45) is -5.01. The number of carbonyl (C=O) groups is 1. The van der Waals surface area contributed by atoms with Gasteiger partial charge in [-0.05, 0) is 28.1 Å². The van der Waals surface area contributed by atoms with Gasteiger partial charge in [-0.15, -0.1) is 13.2 Å². The van der Waals surface area contributed by atoms with Crippen LogP contribution in [0, 0.1) is 11.3 Å². The average Bonchev–Trinajstić information content (AvgIpc) is 2.18. The molecular weight excluding hydrogens is 307 g/mol. The zero-order chi connectivity index (χ0) is 13.2. The molecule has 0 atom stereocenters. The average molecular weight is 310 g/mol. The van der Waals surface area contributed by atoms with Gasteiger partial charge in [0.1, 0.15) is 6.07 Å². The Bertz CT molecular complexity index is 507. The third kappa shape index (κ3) is 3.10. The molecule has 0 saturated carbocycles. The van der Waals surface area contributed by atoms with Crippen LogP contribution in [0.25, 0.3) is 0 Å². The lowest BCUT2D eigenvalue weighted by Gasteiger charge is -2.13. The Hall–Kier alpha value is -1.75. The highest BCUT2D eigenvalue weighted by atomic mass is 79.9. The molecule has 17 heavy (non-hydrogen) atoms. The first-order valence-corrected chi connectivity index (χ1v) is 4.77. The maximum absolute atomic E-state index is 12.1. The largest absolute Gasteiger partial charge is 0.573 e. The summed E-state index contributed by atoms with van der Waals surface area (Å²) in [6, 6.07) is 3.43. The smallest absolute Gasteiger partial charge is 0.478 e. The second-order valence-electron chi connectivity index (χ2n) is 2.77. The second-order valence-corrected chi connectivity index (χ2v) is 3.56. The fourth-order valence-corrected chi connectivity index (χ4v) is 1.62. The van der Waals surface area contributed by atoms with Crippen LogP contribution in [0.2, 0.25) is 0 Å². The van der Waals surface area contributed by atoms with E-state index in [1.54, 1.807) is 0 Å². The van der Waals surface area contributed by atoms with E-state index in [1.165, 1.54) is 6.07 Å². The van der Waals surface area contributed by atoms with Crippen LogP contribution in [0.1, 0.15) is 15.9 Å². The molecule has 0 amide bonds. The maximum atomic E-state index is 12.1. The Labute approximate surface area is 101 Å². The third-order valence-electron chi connectivity index (χ3n) is 1.67. The fraction of sp³-hybridized carbons (Fsp3) is 0.111. The Balaban J connectivity index is 3.39. The van der Waals surface area contributed by atoms with E-state index in [2.05, 4.69) is 20.7 Å². The highest BCUT2D eigenvalue weighted by Crippen LogP contribution is 2.36. The van der Waals surface area contributed by atoms with Crippen molar-refractivity contribution >= 4 is 21.9 Å². The molecule has 1 rings (SSSR count). The van der Waals surface area contributed by atoms with Gasteiger partial charge in [0.15, 0.2) is 5.75 Å². The molecule has 90 valence electrons. The second kappa shape index (κ2) is 4.63. The molecule has 0 spiro atoms. The van der Waals surface area contributed by atoms with Gasteiger partial charge in [-0.3, -0.25) is 0 Å². The highest BCUT2D eigenvalue weighted by molar-refractivity contribution is 9.10. The van der Waals surface area contributed by atoms with E-state index in [1.807, 2.05) is 0 Å². The number of ether oxygens (including phenoxy) is 1. The minimum Gasteiger partial charge on any atom is -0.478 e. The number of carboxylic acids is 1. The van der Waals surface area contributed by atoms with Gasteiger partial charge in [-0.1, -0.05) is 0 Å². The molecule has 0 fully saturated rings. The highest BCUT2D eigenvalue weighted by Gasteiger charge is 2.34. The number of alkyl halides is 3.